The summed E-state index contributed by atoms with van der Waals surface area (Å²) in [7, 11) is 0. The Morgan fingerprint density at radius 1 is 1.43 bits per heavy atom. The molecule has 2 heterocycles. The molecule has 0 radical (unpaired) electrons. The Labute approximate surface area is 127 Å². The van der Waals surface area contributed by atoms with Gasteiger partial charge in [-0.2, -0.15) is 5.10 Å². The van der Waals surface area contributed by atoms with Gasteiger partial charge in [-0.15, -0.1) is 11.3 Å². The van der Waals surface area contributed by atoms with Gasteiger partial charge in [0.25, 0.3) is 5.91 Å². The number of aromatic amines is 1. The van der Waals surface area contributed by atoms with Crippen LogP contribution in [0.25, 0.3) is 0 Å². The Balaban J connectivity index is 1.50. The van der Waals surface area contributed by atoms with Crippen LogP contribution in [0.2, 0.25) is 0 Å². The molecule has 2 saturated carbocycles. The van der Waals surface area contributed by atoms with E-state index in [-0.39, 0.29) is 11.9 Å². The van der Waals surface area contributed by atoms with Gasteiger partial charge in [0, 0.05) is 22.7 Å². The summed E-state index contributed by atoms with van der Waals surface area (Å²) in [5, 5.41) is 13.3. The van der Waals surface area contributed by atoms with Crippen molar-refractivity contribution < 1.29 is 4.79 Å². The monoisotopic (exact) mass is 302 g/mol. The predicted octanol–water partition coefficient (Wildman–Crippen LogP) is 2.93. The normalized spacial score (nSPS) is 19.5. The van der Waals surface area contributed by atoms with E-state index in [9.17, 15) is 4.79 Å². The molecule has 0 saturated heterocycles. The van der Waals surface area contributed by atoms with Gasteiger partial charge in [-0.1, -0.05) is 0 Å². The van der Waals surface area contributed by atoms with Gasteiger partial charge in [0.05, 0.1) is 6.04 Å². The third-order valence-corrected chi connectivity index (χ3v) is 5.18. The summed E-state index contributed by atoms with van der Waals surface area (Å²) in [6.07, 6.45) is 4.73. The number of hydrogen-bond acceptors (Lipinski definition) is 4. The van der Waals surface area contributed by atoms with Crippen molar-refractivity contribution in [3.63, 3.8) is 0 Å². The van der Waals surface area contributed by atoms with Crippen LogP contribution < -0.4 is 5.32 Å². The second-order valence-corrected chi connectivity index (χ2v) is 6.99. The van der Waals surface area contributed by atoms with Crippen LogP contribution in [0.1, 0.15) is 64.5 Å². The van der Waals surface area contributed by atoms with Crippen molar-refractivity contribution in [2.45, 2.75) is 44.6 Å². The zero-order chi connectivity index (χ0) is 14.4. The number of hydrogen-bond donors (Lipinski definition) is 2. The number of H-pyrrole nitrogens is 1. The molecule has 2 N–H and O–H groups in total. The van der Waals surface area contributed by atoms with E-state index in [0.29, 0.717) is 17.5 Å². The molecule has 1 atom stereocenters. The fourth-order valence-electron chi connectivity index (χ4n) is 2.60. The number of nitrogens with one attached hydrogen (secondary N) is 2. The van der Waals surface area contributed by atoms with Gasteiger partial charge in [-0.05, 0) is 44.6 Å². The average Bonchev–Trinajstić information content (AvgIpc) is 3.40. The first-order chi connectivity index (χ1) is 10.2. The number of amides is 1. The van der Waals surface area contributed by atoms with Crippen LogP contribution in [0.4, 0.5) is 0 Å². The number of aryl methyl sites for hydroxylation is 1. The average molecular weight is 302 g/mol. The van der Waals surface area contributed by atoms with Gasteiger partial charge in [0.2, 0.25) is 0 Å². The van der Waals surface area contributed by atoms with Crippen LogP contribution >= 0.6 is 11.3 Å². The molecule has 0 spiro atoms. The fraction of sp³-hybridized carbons (Fsp3) is 0.533. The summed E-state index contributed by atoms with van der Waals surface area (Å²) in [6.45, 7) is 1.99. The van der Waals surface area contributed by atoms with Gasteiger partial charge in [-0.3, -0.25) is 9.89 Å². The van der Waals surface area contributed by atoms with Gasteiger partial charge in [0.15, 0.2) is 0 Å². The number of thiazole rings is 1. The highest BCUT2D eigenvalue weighted by atomic mass is 32.1. The first-order valence-electron chi connectivity index (χ1n) is 7.49. The zero-order valence-electron chi connectivity index (χ0n) is 11.9. The topological polar surface area (TPSA) is 70.7 Å². The van der Waals surface area contributed by atoms with Crippen molar-refractivity contribution in [3.8, 4) is 0 Å². The maximum atomic E-state index is 12.4. The first-order valence-corrected chi connectivity index (χ1v) is 8.37. The van der Waals surface area contributed by atoms with E-state index in [1.54, 1.807) is 11.3 Å². The third kappa shape index (κ3) is 2.72. The van der Waals surface area contributed by atoms with Crippen molar-refractivity contribution >= 4 is 17.2 Å². The molecule has 2 aliphatic rings. The van der Waals surface area contributed by atoms with Crippen molar-refractivity contribution in [1.29, 1.82) is 0 Å². The van der Waals surface area contributed by atoms with E-state index >= 15 is 0 Å². The molecule has 5 nitrogen and oxygen atoms in total. The second kappa shape index (κ2) is 4.94. The molecule has 4 rings (SSSR count). The number of carbonyl (C=O) groups excluding carboxylic acids is 1. The van der Waals surface area contributed by atoms with Gasteiger partial charge in [0.1, 0.15) is 10.7 Å². The highest BCUT2D eigenvalue weighted by molar-refractivity contribution is 7.09. The molecule has 6 heteroatoms. The van der Waals surface area contributed by atoms with Crippen LogP contribution in [-0.4, -0.2) is 21.1 Å². The fourth-order valence-corrected chi connectivity index (χ4v) is 3.54. The molecule has 2 aromatic rings. The third-order valence-electron chi connectivity index (χ3n) is 4.13. The van der Waals surface area contributed by atoms with Crippen molar-refractivity contribution in [3.05, 3.63) is 33.5 Å². The quantitative estimate of drug-likeness (QED) is 0.892. The summed E-state index contributed by atoms with van der Waals surface area (Å²) >= 11 is 1.63. The minimum absolute atomic E-state index is 0.0391. The lowest BCUT2D eigenvalue weighted by atomic mass is 10.2. The zero-order valence-corrected chi connectivity index (χ0v) is 12.7. The molecule has 2 fully saturated rings. The highest BCUT2D eigenvalue weighted by Crippen LogP contribution is 2.42. The summed E-state index contributed by atoms with van der Waals surface area (Å²) in [5.74, 6) is 1.02. The summed E-state index contributed by atoms with van der Waals surface area (Å²) in [5.41, 5.74) is 2.61. The van der Waals surface area contributed by atoms with Crippen LogP contribution in [0.5, 0.6) is 0 Å². The van der Waals surface area contributed by atoms with E-state index in [1.165, 1.54) is 12.8 Å². The number of rotatable bonds is 5. The molecule has 0 bridgehead atoms. The summed E-state index contributed by atoms with van der Waals surface area (Å²) < 4.78 is 0. The standard InChI is InChI=1S/C15H18N4OS/c1-8-7-21-15(16-8)13(10-4-5-10)17-14(20)12-6-11(18-19-12)9-2-3-9/h6-7,9-10,13H,2-5H2,1H3,(H,17,20)(H,18,19). The number of nitrogens with zero attached hydrogens (tertiary/aromatic N) is 2. The molecular weight excluding hydrogens is 284 g/mol. The van der Waals surface area contributed by atoms with Gasteiger partial charge in [-0.25, -0.2) is 4.98 Å². The minimum Gasteiger partial charge on any atom is -0.341 e. The van der Waals surface area contributed by atoms with Gasteiger partial charge < -0.3 is 5.32 Å². The lowest BCUT2D eigenvalue weighted by Crippen LogP contribution is -2.30. The van der Waals surface area contributed by atoms with Crippen LogP contribution in [-0.2, 0) is 0 Å². The lowest BCUT2D eigenvalue weighted by molar-refractivity contribution is 0.0926. The SMILES string of the molecule is Cc1csc(C(NC(=O)c2cc(C3CC3)[nH]n2)C2CC2)n1. The molecule has 0 aliphatic heterocycles. The minimum atomic E-state index is -0.0945. The molecule has 1 amide bonds. The molecule has 2 aliphatic carbocycles. The predicted molar refractivity (Wildman–Crippen MR) is 80.3 cm³/mol. The Bertz CT molecular complexity index is 669. The first kappa shape index (κ1) is 13.0. The molecular formula is C15H18N4OS. The molecule has 21 heavy (non-hydrogen) atoms. The maximum Gasteiger partial charge on any atom is 0.272 e. The van der Waals surface area contributed by atoms with E-state index in [1.807, 2.05) is 18.4 Å². The van der Waals surface area contributed by atoms with E-state index in [2.05, 4.69) is 20.5 Å². The Kier molecular flexibility index (Phi) is 3.06. The van der Waals surface area contributed by atoms with Crippen molar-refractivity contribution in [1.82, 2.24) is 20.5 Å². The van der Waals surface area contributed by atoms with E-state index in [4.69, 9.17) is 0 Å². The lowest BCUT2D eigenvalue weighted by Gasteiger charge is -2.14. The van der Waals surface area contributed by atoms with Crippen LogP contribution in [0, 0.1) is 12.8 Å². The molecule has 1 unspecified atom stereocenters. The van der Waals surface area contributed by atoms with Crippen LogP contribution in [0.15, 0.2) is 11.4 Å². The van der Waals surface area contributed by atoms with Crippen LogP contribution in [0.3, 0.4) is 0 Å². The molecule has 110 valence electrons. The Morgan fingerprint density at radius 2 is 2.24 bits per heavy atom. The van der Waals surface area contributed by atoms with Gasteiger partial charge >= 0.3 is 0 Å². The molecule has 2 aromatic heterocycles. The summed E-state index contributed by atoms with van der Waals surface area (Å²) in [4.78, 5) is 16.9. The van der Waals surface area contributed by atoms with Crippen molar-refractivity contribution in [2.75, 3.05) is 0 Å². The Hall–Kier alpha value is -1.69. The second-order valence-electron chi connectivity index (χ2n) is 6.10. The highest BCUT2D eigenvalue weighted by Gasteiger charge is 2.36. The number of aromatic nitrogens is 3. The largest absolute Gasteiger partial charge is 0.341 e. The van der Waals surface area contributed by atoms with E-state index < -0.39 is 0 Å². The van der Waals surface area contributed by atoms with Crippen molar-refractivity contribution in [2.24, 2.45) is 5.92 Å². The maximum absolute atomic E-state index is 12.4. The number of carbonyl (C=O) groups is 1. The summed E-state index contributed by atoms with van der Waals surface area (Å²) in [6, 6.07) is 1.93. The Morgan fingerprint density at radius 3 is 2.86 bits per heavy atom. The molecule has 0 aromatic carbocycles. The smallest absolute Gasteiger partial charge is 0.272 e. The van der Waals surface area contributed by atoms with E-state index in [0.717, 1.165) is 29.2 Å².